The molecule has 0 aromatic heterocycles. The highest BCUT2D eigenvalue weighted by atomic mass is 32.2. The van der Waals surface area contributed by atoms with Crippen LogP contribution < -0.4 is 5.73 Å². The summed E-state index contributed by atoms with van der Waals surface area (Å²) in [7, 11) is -3.05. The number of carbonyl (C=O) groups excluding carboxylic acids is 1. The number of halogens is 1. The molecule has 2 aliphatic rings. The summed E-state index contributed by atoms with van der Waals surface area (Å²) in [6.45, 7) is 1.04. The van der Waals surface area contributed by atoms with Gasteiger partial charge in [0.1, 0.15) is 15.7 Å². The number of sulfone groups is 1. The highest BCUT2D eigenvalue weighted by Gasteiger charge is 2.37. The zero-order valence-electron chi connectivity index (χ0n) is 14.8. The number of amides is 1. The summed E-state index contributed by atoms with van der Waals surface area (Å²) in [5.74, 6) is -0.815. The number of oxime groups is 1. The summed E-state index contributed by atoms with van der Waals surface area (Å²) < 4.78 is 36.6. The lowest BCUT2D eigenvalue weighted by molar-refractivity contribution is -0.140. The fourth-order valence-corrected chi connectivity index (χ4v) is 5.15. The molecule has 8 nitrogen and oxygen atoms in total. The zero-order valence-corrected chi connectivity index (χ0v) is 15.6. The summed E-state index contributed by atoms with van der Waals surface area (Å²) in [5.41, 5.74) is 6.44. The predicted molar refractivity (Wildman–Crippen MR) is 97.2 cm³/mol. The lowest BCUT2D eigenvalue weighted by Gasteiger charge is -2.43. The van der Waals surface area contributed by atoms with Crippen LogP contribution in [0.4, 0.5) is 4.39 Å². The number of benzene rings is 1. The van der Waals surface area contributed by atoms with Crippen LogP contribution in [-0.2, 0) is 14.6 Å². The molecular formula is C17H23FN4O4S. The summed E-state index contributed by atoms with van der Waals surface area (Å²) in [4.78, 5) is 16.4. The Kier molecular flexibility index (Phi) is 5.54. The zero-order chi connectivity index (χ0) is 19.6. The highest BCUT2D eigenvalue weighted by Crippen LogP contribution is 2.30. The molecule has 0 saturated carbocycles. The number of guanidine groups is 1. The molecule has 148 valence electrons. The van der Waals surface area contributed by atoms with Gasteiger partial charge in [-0.25, -0.2) is 12.8 Å². The molecule has 2 heterocycles. The van der Waals surface area contributed by atoms with E-state index >= 15 is 0 Å². The average Bonchev–Trinajstić information content (AvgIpc) is 2.67. The third kappa shape index (κ3) is 4.32. The van der Waals surface area contributed by atoms with E-state index in [-0.39, 0.29) is 35.1 Å². The fraction of sp³-hybridized carbons (Fsp3) is 0.529. The smallest absolute Gasteiger partial charge is 0.233 e. The second-order valence-corrected chi connectivity index (χ2v) is 9.23. The normalized spacial score (nSPS) is 24.0. The maximum atomic E-state index is 13.3. The molecule has 0 aliphatic carbocycles. The number of hydrogen-bond donors (Lipinski definition) is 2. The molecule has 3 N–H and O–H groups in total. The minimum Gasteiger partial charge on any atom is -0.408 e. The Hall–Kier alpha value is -2.36. The molecule has 0 spiro atoms. The number of carbonyl (C=O) groups is 1. The van der Waals surface area contributed by atoms with Crippen LogP contribution >= 0.6 is 0 Å². The first kappa shape index (κ1) is 19.4. The van der Waals surface area contributed by atoms with Crippen LogP contribution in [0, 0.1) is 11.7 Å². The Bertz CT molecular complexity index is 814. The largest absolute Gasteiger partial charge is 0.408 e. The van der Waals surface area contributed by atoms with Crippen molar-refractivity contribution in [2.45, 2.75) is 18.9 Å². The molecule has 3 rings (SSSR count). The minimum atomic E-state index is -3.05. The summed E-state index contributed by atoms with van der Waals surface area (Å²) in [5, 5.41) is 12.0. The van der Waals surface area contributed by atoms with E-state index < -0.39 is 15.9 Å². The van der Waals surface area contributed by atoms with Crippen LogP contribution in [-0.4, -0.2) is 66.4 Å². The van der Waals surface area contributed by atoms with Crippen LogP contribution in [0.1, 0.15) is 24.4 Å². The van der Waals surface area contributed by atoms with Crippen molar-refractivity contribution in [1.29, 1.82) is 0 Å². The van der Waals surface area contributed by atoms with Crippen molar-refractivity contribution in [2.75, 3.05) is 31.1 Å². The molecule has 2 aliphatic heterocycles. The number of piperazine rings is 1. The van der Waals surface area contributed by atoms with Gasteiger partial charge in [-0.3, -0.25) is 4.79 Å². The van der Waals surface area contributed by atoms with Crippen LogP contribution in [0.3, 0.4) is 0 Å². The molecule has 0 bridgehead atoms. The van der Waals surface area contributed by atoms with Crippen molar-refractivity contribution < 1.29 is 22.8 Å². The number of nitrogens with zero attached hydrogens (tertiary/aromatic N) is 3. The Morgan fingerprint density at radius 1 is 1.19 bits per heavy atom. The first-order valence-electron chi connectivity index (χ1n) is 8.79. The Morgan fingerprint density at radius 2 is 1.81 bits per heavy atom. The van der Waals surface area contributed by atoms with E-state index in [0.717, 1.165) is 5.56 Å². The Morgan fingerprint density at radius 3 is 2.41 bits per heavy atom. The van der Waals surface area contributed by atoms with Crippen LogP contribution in [0.25, 0.3) is 0 Å². The van der Waals surface area contributed by atoms with Crippen molar-refractivity contribution in [2.24, 2.45) is 16.8 Å². The summed E-state index contributed by atoms with van der Waals surface area (Å²) >= 11 is 0. The third-order valence-corrected chi connectivity index (χ3v) is 6.96. The summed E-state index contributed by atoms with van der Waals surface area (Å²) in [6.07, 6.45) is 0.634. The third-order valence-electron chi connectivity index (χ3n) is 5.25. The molecule has 10 heteroatoms. The molecule has 1 unspecified atom stereocenters. The van der Waals surface area contributed by atoms with Crippen molar-refractivity contribution in [3.63, 3.8) is 0 Å². The van der Waals surface area contributed by atoms with Gasteiger partial charge in [0.05, 0.1) is 17.5 Å². The second kappa shape index (κ2) is 7.71. The molecule has 2 saturated heterocycles. The summed E-state index contributed by atoms with van der Waals surface area (Å²) in [6, 6.07) is 5.48. The molecule has 1 amide bonds. The SMILES string of the molecule is N/C(=N\O)N1CCN(C(=O)C2CCS(=O)(=O)CC2)C(c2ccc(F)cc2)C1. The van der Waals surface area contributed by atoms with Crippen molar-refractivity contribution >= 4 is 21.7 Å². The van der Waals surface area contributed by atoms with Gasteiger partial charge in [0, 0.05) is 25.6 Å². The Balaban J connectivity index is 1.83. The molecule has 1 atom stereocenters. The van der Waals surface area contributed by atoms with Gasteiger partial charge >= 0.3 is 0 Å². The molecular weight excluding hydrogens is 375 g/mol. The molecule has 27 heavy (non-hydrogen) atoms. The molecule has 1 aromatic rings. The van der Waals surface area contributed by atoms with E-state index in [2.05, 4.69) is 5.16 Å². The topological polar surface area (TPSA) is 116 Å². The van der Waals surface area contributed by atoms with Crippen LogP contribution in [0.5, 0.6) is 0 Å². The van der Waals surface area contributed by atoms with E-state index in [0.29, 0.717) is 32.5 Å². The van der Waals surface area contributed by atoms with Gasteiger partial charge in [-0.1, -0.05) is 17.3 Å². The van der Waals surface area contributed by atoms with E-state index in [4.69, 9.17) is 10.9 Å². The lowest BCUT2D eigenvalue weighted by Crippen LogP contribution is -2.55. The van der Waals surface area contributed by atoms with Gasteiger partial charge in [0.15, 0.2) is 0 Å². The van der Waals surface area contributed by atoms with E-state index in [9.17, 15) is 17.6 Å². The monoisotopic (exact) mass is 398 g/mol. The molecule has 1 aromatic carbocycles. The first-order chi connectivity index (χ1) is 12.8. The van der Waals surface area contributed by atoms with Gasteiger partial charge in [-0.2, -0.15) is 0 Å². The van der Waals surface area contributed by atoms with E-state index in [1.807, 2.05) is 0 Å². The standard InChI is InChI=1S/C17H23FN4O4S/c18-14-3-1-12(2-4-14)15-11-21(17(19)20-24)7-8-22(15)16(23)13-5-9-27(25,26)10-6-13/h1-4,13,15,24H,5-11H2,(H2,19,20). The van der Waals surface area contributed by atoms with Gasteiger partial charge in [0.2, 0.25) is 11.9 Å². The number of nitrogens with two attached hydrogens (primary N) is 1. The highest BCUT2D eigenvalue weighted by molar-refractivity contribution is 7.91. The van der Waals surface area contributed by atoms with Gasteiger partial charge < -0.3 is 20.7 Å². The number of rotatable bonds is 2. The molecule has 0 radical (unpaired) electrons. The van der Waals surface area contributed by atoms with Crippen molar-refractivity contribution in [3.05, 3.63) is 35.6 Å². The van der Waals surface area contributed by atoms with E-state index in [1.165, 1.54) is 12.1 Å². The minimum absolute atomic E-state index is 0.0225. The van der Waals surface area contributed by atoms with Gasteiger partial charge in [-0.15, -0.1) is 0 Å². The fourth-order valence-electron chi connectivity index (χ4n) is 3.66. The van der Waals surface area contributed by atoms with Crippen molar-refractivity contribution in [1.82, 2.24) is 9.80 Å². The maximum Gasteiger partial charge on any atom is 0.233 e. The second-order valence-electron chi connectivity index (χ2n) is 6.93. The average molecular weight is 398 g/mol. The van der Waals surface area contributed by atoms with Gasteiger partial charge in [-0.05, 0) is 30.5 Å². The molecule has 2 fully saturated rings. The maximum absolute atomic E-state index is 13.3. The van der Waals surface area contributed by atoms with Crippen LogP contribution in [0.15, 0.2) is 29.4 Å². The quantitative estimate of drug-likeness (QED) is 0.325. The van der Waals surface area contributed by atoms with Crippen LogP contribution in [0.2, 0.25) is 0 Å². The first-order valence-corrected chi connectivity index (χ1v) is 10.6. The number of hydrogen-bond acceptors (Lipinski definition) is 5. The lowest BCUT2D eigenvalue weighted by atomic mass is 9.96. The predicted octanol–water partition coefficient (Wildman–Crippen LogP) is 0.540. The van der Waals surface area contributed by atoms with E-state index in [1.54, 1.807) is 21.9 Å². The Labute approximate surface area is 157 Å². The van der Waals surface area contributed by atoms with Gasteiger partial charge in [0.25, 0.3) is 0 Å². The van der Waals surface area contributed by atoms with Crippen molar-refractivity contribution in [3.8, 4) is 0 Å².